The average Bonchev–Trinajstić information content (AvgIpc) is 1.62. The lowest BCUT2D eigenvalue weighted by Gasteiger charge is -2.13. The Hall–Kier alpha value is -13.1. The van der Waals surface area contributed by atoms with Gasteiger partial charge < -0.3 is 9.13 Å². The van der Waals surface area contributed by atoms with Gasteiger partial charge in [0.1, 0.15) is 0 Å². The Balaban J connectivity index is 0.000000115. The zero-order chi connectivity index (χ0) is 66.7. The number of nitrogens with zero attached hydrogens (tertiary/aromatic N) is 7. The van der Waals surface area contributed by atoms with Crippen molar-refractivity contribution >= 4 is 142 Å². The van der Waals surface area contributed by atoms with Gasteiger partial charge in [-0.1, -0.05) is 243 Å². The molecule has 0 aliphatic heterocycles. The minimum absolute atomic E-state index is 0.259. The van der Waals surface area contributed by atoms with E-state index in [2.05, 4.69) is 339 Å². The molecule has 5 heterocycles. The van der Waals surface area contributed by atoms with Crippen LogP contribution in [0, 0.1) is 0 Å². The first-order valence-corrected chi connectivity index (χ1v) is 34.6. The monoisotopic (exact) mass is 1310 g/mol. The first-order chi connectivity index (χ1) is 50.0. The van der Waals surface area contributed by atoms with Gasteiger partial charge in [0.15, 0.2) is 0 Å². The molecular weight excluding hydrogens is 1250 g/mol. The smallest absolute Gasteiger partial charge is 0.235 e. The van der Waals surface area contributed by atoms with Gasteiger partial charge in [-0.15, -0.1) is 0 Å². The molecule has 21 aromatic rings. The Kier molecular flexibility index (Phi) is 13.6. The molecule has 0 saturated heterocycles. The van der Waals surface area contributed by atoms with E-state index in [1.165, 1.54) is 120 Å². The summed E-state index contributed by atoms with van der Waals surface area (Å²) in [5, 5.41) is 19.6. The topological polar surface area (TPSA) is 66.3 Å². The molecule has 0 unspecified atom stereocenters. The third-order valence-corrected chi connectivity index (χ3v) is 20.6. The Morgan fingerprint density at radius 2 is 0.703 bits per heavy atom. The molecule has 5 aromatic heterocycles. The summed E-state index contributed by atoms with van der Waals surface area (Å²) >= 11 is 6.27. The minimum Gasteiger partial charge on any atom is -0.309 e. The van der Waals surface area contributed by atoms with Crippen LogP contribution < -0.4 is 0 Å². The predicted octanol–water partition coefficient (Wildman–Crippen LogP) is 24.4. The lowest BCUT2D eigenvalue weighted by Crippen LogP contribution is -2.03. The molecule has 0 fully saturated rings. The van der Waals surface area contributed by atoms with Crippen molar-refractivity contribution < 1.29 is 0 Å². The van der Waals surface area contributed by atoms with Crippen molar-refractivity contribution in [3.8, 4) is 51.0 Å². The van der Waals surface area contributed by atoms with E-state index in [4.69, 9.17) is 21.6 Å². The van der Waals surface area contributed by atoms with Gasteiger partial charge in [0.25, 0.3) is 0 Å². The van der Waals surface area contributed by atoms with Gasteiger partial charge >= 0.3 is 0 Å². The largest absolute Gasteiger partial charge is 0.309 e. The summed E-state index contributed by atoms with van der Waals surface area (Å²) in [6.07, 6.45) is 1.08. The van der Waals surface area contributed by atoms with Gasteiger partial charge in [-0.05, 0) is 180 Å². The molecule has 0 atom stereocenters. The zero-order valence-electron chi connectivity index (χ0n) is 54.5. The van der Waals surface area contributed by atoms with Crippen molar-refractivity contribution in [1.82, 2.24) is 33.6 Å². The maximum Gasteiger partial charge on any atom is 0.235 e. The number of halogens is 1. The number of hydrogen-bond donors (Lipinski definition) is 0. The molecule has 0 radical (unpaired) electrons. The van der Waals surface area contributed by atoms with Crippen LogP contribution in [-0.4, -0.2) is 33.6 Å². The second kappa shape index (κ2) is 23.6. The van der Waals surface area contributed by atoms with E-state index >= 15 is 0 Å². The second-order valence-corrected chi connectivity index (χ2v) is 26.5. The van der Waals surface area contributed by atoms with Crippen LogP contribution >= 0.6 is 11.6 Å². The number of benzene rings is 16. The highest BCUT2D eigenvalue weighted by atomic mass is 35.5. The van der Waals surface area contributed by atoms with Crippen molar-refractivity contribution in [2.75, 3.05) is 0 Å². The van der Waals surface area contributed by atoms with Gasteiger partial charge in [-0.2, -0.15) is 0 Å². The Bertz CT molecular complexity index is 6950. The molecule has 101 heavy (non-hydrogen) atoms. The van der Waals surface area contributed by atoms with Crippen molar-refractivity contribution in [2.45, 2.75) is 6.42 Å². The fourth-order valence-electron chi connectivity index (χ4n) is 16.0. The summed E-state index contributed by atoms with van der Waals surface area (Å²) in [5.41, 5.74) is 20.7. The van der Waals surface area contributed by atoms with E-state index in [9.17, 15) is 0 Å². The Morgan fingerprint density at radius 1 is 0.248 bits per heavy atom. The van der Waals surface area contributed by atoms with E-state index in [-0.39, 0.29) is 5.28 Å². The van der Waals surface area contributed by atoms with E-state index in [1.807, 2.05) is 24.3 Å². The number of rotatable bonds is 5. The Labute approximate surface area is 585 Å². The third-order valence-electron chi connectivity index (χ3n) is 20.4. The summed E-state index contributed by atoms with van der Waals surface area (Å²) in [4.78, 5) is 19.6. The fourth-order valence-corrected chi connectivity index (χ4v) is 16.1. The minimum atomic E-state index is 0.259. The van der Waals surface area contributed by atoms with E-state index < -0.39 is 0 Å². The summed E-state index contributed by atoms with van der Waals surface area (Å²) in [6.45, 7) is 0. The quantitative estimate of drug-likeness (QED) is 0.161. The fraction of sp³-hybridized carbons (Fsp3) is 0.0108. The van der Waals surface area contributed by atoms with Crippen LogP contribution in [0.5, 0.6) is 0 Å². The lowest BCUT2D eigenvalue weighted by molar-refractivity contribution is 1.01. The van der Waals surface area contributed by atoms with Gasteiger partial charge in [-0.25, -0.2) is 19.9 Å². The van der Waals surface area contributed by atoms with Crippen LogP contribution in [0.15, 0.2) is 340 Å². The molecule has 0 saturated carbocycles. The molecule has 1 aliphatic rings. The number of fused-ring (bicyclic) bond motifs is 20. The molecule has 8 heteroatoms. The van der Waals surface area contributed by atoms with Gasteiger partial charge in [0.2, 0.25) is 11.2 Å². The summed E-state index contributed by atoms with van der Waals surface area (Å²) in [6, 6.07) is 121. The standard InChI is InChI=1S/C46H28N4.C30H18ClN3.C17H12/c1-2-14-33(15-3-1)49-41-21-11-8-18-37(41)44-34-24-22-32(26-31(34)23-25-42(44)49)45-36-17-6-9-19-39(36)47-46(48-45)50-40-20-10-7-16-35(40)38-27-29-12-4-5-13-30(29)28-43(38)50;31-30-32-25-12-6-4-10-23(25)29(33-30)20-14-16-22-19(18-20)15-17-27-28(22)24-11-5-7-13-26(24)34(27)21-8-2-1-3-9-21;1-2-6-13-11-17-15(9-12(13)5-1)10-14-7-3-4-8-16(14)17/h1-28H;1-18H;1-9,11H,10H2. The van der Waals surface area contributed by atoms with Gasteiger partial charge in [-0.3, -0.25) is 4.57 Å². The first kappa shape index (κ1) is 58.1. The van der Waals surface area contributed by atoms with Crippen LogP contribution in [0.1, 0.15) is 11.1 Å². The summed E-state index contributed by atoms with van der Waals surface area (Å²) in [7, 11) is 0. The van der Waals surface area contributed by atoms with Gasteiger partial charge in [0, 0.05) is 65.6 Å². The number of hydrogen-bond acceptors (Lipinski definition) is 4. The van der Waals surface area contributed by atoms with E-state index in [1.54, 1.807) is 0 Å². The van der Waals surface area contributed by atoms with Crippen molar-refractivity contribution in [2.24, 2.45) is 0 Å². The molecule has 1 aliphatic carbocycles. The molecule has 0 spiro atoms. The zero-order valence-corrected chi connectivity index (χ0v) is 55.3. The molecule has 7 nitrogen and oxygen atoms in total. The average molecular weight is 1310 g/mol. The maximum absolute atomic E-state index is 6.27. The normalized spacial score (nSPS) is 12.0. The van der Waals surface area contributed by atoms with Crippen LogP contribution in [0.3, 0.4) is 0 Å². The van der Waals surface area contributed by atoms with Crippen LogP contribution in [0.4, 0.5) is 0 Å². The molecule has 16 aromatic carbocycles. The number of para-hydroxylation sites is 7. The highest BCUT2D eigenvalue weighted by molar-refractivity contribution is 6.29. The molecule has 472 valence electrons. The second-order valence-electron chi connectivity index (χ2n) is 26.2. The maximum atomic E-state index is 6.27. The highest BCUT2D eigenvalue weighted by Gasteiger charge is 2.23. The first-order valence-electron chi connectivity index (χ1n) is 34.2. The van der Waals surface area contributed by atoms with Crippen LogP contribution in [-0.2, 0) is 6.42 Å². The molecule has 0 bridgehead atoms. The summed E-state index contributed by atoms with van der Waals surface area (Å²) < 4.78 is 6.95. The van der Waals surface area contributed by atoms with Crippen molar-refractivity contribution in [1.29, 1.82) is 0 Å². The number of aromatic nitrogens is 7. The SMILES string of the molecule is Clc1nc(-c2ccc3c(ccc4c3c3ccccc3n4-c3ccccc3)c2)c2ccccc2n1.c1ccc(-n2c3ccccc3c3c4ccc(-c5nc(-n6c7ccccc7c7cc8ccccc8cc76)nc6ccccc56)cc4ccc32)cc1.c1ccc2c(c1)Cc1cc3ccccc3cc1-2. The molecule has 0 amide bonds. The third kappa shape index (κ3) is 9.65. The van der Waals surface area contributed by atoms with Gasteiger partial charge in [0.05, 0.1) is 55.5 Å². The van der Waals surface area contributed by atoms with Crippen LogP contribution in [0.2, 0.25) is 5.28 Å². The van der Waals surface area contributed by atoms with Crippen LogP contribution in [0.25, 0.3) is 181 Å². The van der Waals surface area contributed by atoms with Crippen molar-refractivity contribution in [3.63, 3.8) is 0 Å². The molecule has 0 N–H and O–H groups in total. The molecular formula is C93H58ClN7. The Morgan fingerprint density at radius 3 is 1.30 bits per heavy atom. The van der Waals surface area contributed by atoms with E-state index in [0.29, 0.717) is 5.95 Å². The van der Waals surface area contributed by atoms with Crippen molar-refractivity contribution in [3.05, 3.63) is 356 Å². The molecule has 22 rings (SSSR count). The lowest BCUT2D eigenvalue weighted by atomic mass is 9.99. The predicted molar refractivity (Wildman–Crippen MR) is 423 cm³/mol. The van der Waals surface area contributed by atoms with E-state index in [0.717, 1.165) is 73.1 Å². The summed E-state index contributed by atoms with van der Waals surface area (Å²) in [5.74, 6) is 0.668. The highest BCUT2D eigenvalue weighted by Crippen LogP contribution is 2.44.